The number of para-hydroxylation sites is 2. The van der Waals surface area contributed by atoms with E-state index in [1.807, 2.05) is 36.4 Å². The molecule has 0 amide bonds. The molecule has 7 nitrogen and oxygen atoms in total. The molecule has 1 aliphatic rings. The third kappa shape index (κ3) is 3.02. The fourth-order valence-corrected chi connectivity index (χ4v) is 3.84. The van der Waals surface area contributed by atoms with E-state index in [9.17, 15) is 4.79 Å². The molecule has 0 saturated heterocycles. The van der Waals surface area contributed by atoms with Crippen molar-refractivity contribution in [2.45, 2.75) is 0 Å². The quantitative estimate of drug-likeness (QED) is 0.363. The lowest BCUT2D eigenvalue weighted by Gasteiger charge is -2.07. The van der Waals surface area contributed by atoms with Crippen LogP contribution in [0.5, 0.6) is 11.5 Å². The monoisotopic (exact) mass is 443 g/mol. The molecule has 0 aliphatic carbocycles. The van der Waals surface area contributed by atoms with Crippen LogP contribution < -0.4 is 15.0 Å². The Balaban J connectivity index is 1.55. The van der Waals surface area contributed by atoms with E-state index in [0.29, 0.717) is 44.3 Å². The molecule has 0 spiro atoms. The van der Waals surface area contributed by atoms with Crippen LogP contribution in [0.25, 0.3) is 33.5 Å². The van der Waals surface area contributed by atoms with E-state index < -0.39 is 0 Å². The van der Waals surface area contributed by atoms with Crippen molar-refractivity contribution < 1.29 is 13.9 Å². The van der Waals surface area contributed by atoms with E-state index in [4.69, 9.17) is 25.5 Å². The van der Waals surface area contributed by atoms with Crippen molar-refractivity contribution in [3.8, 4) is 23.1 Å². The number of rotatable bonds is 3. The summed E-state index contributed by atoms with van der Waals surface area (Å²) < 4.78 is 18.0. The molecule has 0 N–H and O–H groups in total. The molecule has 2 aromatic heterocycles. The van der Waals surface area contributed by atoms with E-state index in [1.54, 1.807) is 30.3 Å². The molecule has 156 valence electrons. The Labute approximate surface area is 186 Å². The summed E-state index contributed by atoms with van der Waals surface area (Å²) in [5, 5.41) is 6.20. The second kappa shape index (κ2) is 7.25. The minimum atomic E-state index is -0.320. The molecule has 0 saturated carbocycles. The Morgan fingerprint density at radius 1 is 1.00 bits per heavy atom. The lowest BCUT2D eigenvalue weighted by atomic mass is 10.2. The SMILES string of the molecule is O=c1c2ccccc2nc(-c2cc3ccccc3o2)n1N=Cc1cc2c(cc1Cl)OCO2. The molecule has 5 aromatic rings. The van der Waals surface area contributed by atoms with E-state index >= 15 is 0 Å². The first kappa shape index (κ1) is 18.7. The van der Waals surface area contributed by atoms with Crippen molar-refractivity contribution in [1.82, 2.24) is 9.66 Å². The summed E-state index contributed by atoms with van der Waals surface area (Å²) >= 11 is 6.37. The van der Waals surface area contributed by atoms with Crippen LogP contribution in [0.1, 0.15) is 5.56 Å². The highest BCUT2D eigenvalue weighted by atomic mass is 35.5. The van der Waals surface area contributed by atoms with E-state index in [-0.39, 0.29) is 18.2 Å². The van der Waals surface area contributed by atoms with Gasteiger partial charge in [-0.3, -0.25) is 4.79 Å². The molecule has 1 aliphatic heterocycles. The molecule has 0 radical (unpaired) electrons. The molecule has 3 aromatic carbocycles. The van der Waals surface area contributed by atoms with Crippen molar-refractivity contribution >= 4 is 39.7 Å². The first-order valence-corrected chi connectivity index (χ1v) is 10.2. The number of hydrogen-bond acceptors (Lipinski definition) is 6. The van der Waals surface area contributed by atoms with E-state index in [1.165, 1.54) is 10.9 Å². The molecular formula is C24H14ClN3O4. The van der Waals surface area contributed by atoms with Crippen LogP contribution in [0.3, 0.4) is 0 Å². The van der Waals surface area contributed by atoms with Crippen molar-refractivity contribution in [3.63, 3.8) is 0 Å². The van der Waals surface area contributed by atoms with Gasteiger partial charge in [0.1, 0.15) is 5.58 Å². The predicted molar refractivity (Wildman–Crippen MR) is 122 cm³/mol. The van der Waals surface area contributed by atoms with E-state index in [2.05, 4.69) is 10.1 Å². The Morgan fingerprint density at radius 2 is 1.78 bits per heavy atom. The maximum atomic E-state index is 13.3. The first-order chi connectivity index (χ1) is 15.7. The number of halogens is 1. The van der Waals surface area contributed by atoms with Crippen LogP contribution in [0.4, 0.5) is 0 Å². The molecule has 8 heteroatoms. The lowest BCUT2D eigenvalue weighted by Crippen LogP contribution is -2.20. The Hall–Kier alpha value is -4.10. The number of fused-ring (bicyclic) bond motifs is 3. The molecule has 3 heterocycles. The Kier molecular flexibility index (Phi) is 4.22. The molecule has 6 rings (SSSR count). The van der Waals surface area contributed by atoms with Crippen LogP contribution in [-0.4, -0.2) is 22.7 Å². The zero-order chi connectivity index (χ0) is 21.7. The van der Waals surface area contributed by atoms with Gasteiger partial charge >= 0.3 is 0 Å². The van der Waals surface area contributed by atoms with Crippen molar-refractivity contribution in [2.75, 3.05) is 6.79 Å². The van der Waals surface area contributed by atoms with Gasteiger partial charge in [0.25, 0.3) is 5.56 Å². The van der Waals surface area contributed by atoms with Crippen LogP contribution in [0.2, 0.25) is 5.02 Å². The molecule has 32 heavy (non-hydrogen) atoms. The maximum Gasteiger partial charge on any atom is 0.282 e. The number of furan rings is 1. The molecule has 0 unspecified atom stereocenters. The molecule has 0 bridgehead atoms. The van der Waals surface area contributed by atoms with Gasteiger partial charge in [-0.25, -0.2) is 4.98 Å². The van der Waals surface area contributed by atoms with Gasteiger partial charge in [-0.1, -0.05) is 41.9 Å². The van der Waals surface area contributed by atoms with Gasteiger partial charge in [-0.2, -0.15) is 9.78 Å². The molecule has 0 atom stereocenters. The van der Waals surface area contributed by atoms with Crippen molar-refractivity contribution in [2.24, 2.45) is 5.10 Å². The van der Waals surface area contributed by atoms with Gasteiger partial charge in [-0.05, 0) is 30.3 Å². The number of nitrogens with zero attached hydrogens (tertiary/aromatic N) is 3. The normalized spacial score (nSPS) is 12.9. The highest BCUT2D eigenvalue weighted by molar-refractivity contribution is 6.33. The fraction of sp³-hybridized carbons (Fsp3) is 0.0417. The third-order valence-corrected chi connectivity index (χ3v) is 5.53. The number of hydrogen-bond donors (Lipinski definition) is 0. The van der Waals surface area contributed by atoms with Gasteiger partial charge in [0, 0.05) is 17.0 Å². The number of aromatic nitrogens is 2. The summed E-state index contributed by atoms with van der Waals surface area (Å²) in [6.45, 7) is 0.135. The van der Waals surface area contributed by atoms with Crippen LogP contribution in [-0.2, 0) is 0 Å². The molecule has 0 fully saturated rings. The number of benzene rings is 3. The summed E-state index contributed by atoms with van der Waals surface area (Å²) in [5.41, 5.74) is 1.51. The van der Waals surface area contributed by atoms with Gasteiger partial charge in [-0.15, -0.1) is 0 Å². The largest absolute Gasteiger partial charge is 0.454 e. The van der Waals surface area contributed by atoms with E-state index in [0.717, 1.165) is 5.39 Å². The summed E-state index contributed by atoms with van der Waals surface area (Å²) in [4.78, 5) is 18.0. The first-order valence-electron chi connectivity index (χ1n) is 9.82. The summed E-state index contributed by atoms with van der Waals surface area (Å²) in [6, 6.07) is 19.9. The van der Waals surface area contributed by atoms with Crippen molar-refractivity contribution in [3.05, 3.63) is 87.7 Å². The third-order valence-electron chi connectivity index (χ3n) is 5.20. The zero-order valence-corrected chi connectivity index (χ0v) is 17.2. The standard InChI is InChI=1S/C24H14ClN3O4/c25-17-11-21-20(30-13-31-21)10-15(17)12-26-28-23(22-9-14-5-1-4-8-19(14)32-22)27-18-7-3-2-6-16(18)24(28)29/h1-12H,13H2. The maximum absolute atomic E-state index is 13.3. The Morgan fingerprint density at radius 3 is 2.66 bits per heavy atom. The average molecular weight is 444 g/mol. The second-order valence-electron chi connectivity index (χ2n) is 7.19. The van der Waals surface area contributed by atoms with Crippen LogP contribution >= 0.6 is 11.6 Å². The smallest absolute Gasteiger partial charge is 0.282 e. The minimum Gasteiger partial charge on any atom is -0.454 e. The highest BCUT2D eigenvalue weighted by Crippen LogP contribution is 2.36. The van der Waals surface area contributed by atoms with Gasteiger partial charge in [0.2, 0.25) is 12.6 Å². The minimum absolute atomic E-state index is 0.135. The zero-order valence-electron chi connectivity index (χ0n) is 16.5. The van der Waals surface area contributed by atoms with Gasteiger partial charge < -0.3 is 13.9 Å². The Bertz CT molecular complexity index is 1570. The lowest BCUT2D eigenvalue weighted by molar-refractivity contribution is 0.174. The van der Waals surface area contributed by atoms with Crippen LogP contribution in [0.15, 0.2) is 81.0 Å². The summed E-state index contributed by atoms with van der Waals surface area (Å²) in [6.07, 6.45) is 1.49. The van der Waals surface area contributed by atoms with Gasteiger partial charge in [0.15, 0.2) is 17.3 Å². The highest BCUT2D eigenvalue weighted by Gasteiger charge is 2.18. The van der Waals surface area contributed by atoms with Crippen molar-refractivity contribution in [1.29, 1.82) is 0 Å². The predicted octanol–water partition coefficient (Wildman–Crippen LogP) is 5.07. The topological polar surface area (TPSA) is 78.9 Å². The molecular weight excluding hydrogens is 430 g/mol. The summed E-state index contributed by atoms with van der Waals surface area (Å²) in [7, 11) is 0. The second-order valence-corrected chi connectivity index (χ2v) is 7.60. The fourth-order valence-electron chi connectivity index (χ4n) is 3.63. The summed E-state index contributed by atoms with van der Waals surface area (Å²) in [5.74, 6) is 1.86. The number of ether oxygens (including phenoxy) is 2. The van der Waals surface area contributed by atoms with Crippen LogP contribution in [0, 0.1) is 0 Å². The van der Waals surface area contributed by atoms with Gasteiger partial charge in [0.05, 0.1) is 22.1 Å². The average Bonchev–Trinajstić information content (AvgIpc) is 3.44.